The van der Waals surface area contributed by atoms with Gasteiger partial charge in [0, 0.05) is 52.4 Å². The van der Waals surface area contributed by atoms with Gasteiger partial charge in [-0.25, -0.2) is 4.98 Å². The molecule has 1 amide bonds. The SMILES string of the molecule is Cn1c(-c2ccco2)c(C2CCCCC2)c2ccc(C(=O)N[C@@H](Cc3c[nH]c4ccc(O)cc34)c3cscn3)cc21. The highest BCUT2D eigenvalue weighted by Crippen LogP contribution is 2.44. The largest absolute Gasteiger partial charge is 0.508 e. The van der Waals surface area contributed by atoms with Gasteiger partial charge < -0.3 is 24.4 Å². The number of aromatic hydroxyl groups is 1. The van der Waals surface area contributed by atoms with Crippen molar-refractivity contribution >= 4 is 39.0 Å². The Morgan fingerprint density at radius 1 is 1.17 bits per heavy atom. The summed E-state index contributed by atoms with van der Waals surface area (Å²) in [6.45, 7) is 0. The first-order chi connectivity index (χ1) is 20.1. The number of nitrogens with one attached hydrogen (secondary N) is 2. The molecule has 41 heavy (non-hydrogen) atoms. The molecule has 1 saturated carbocycles. The number of hydrogen-bond donors (Lipinski definition) is 3. The van der Waals surface area contributed by atoms with Gasteiger partial charge in [-0.05, 0) is 72.4 Å². The van der Waals surface area contributed by atoms with Crippen molar-refractivity contribution in [3.8, 4) is 17.2 Å². The van der Waals surface area contributed by atoms with Crippen LogP contribution in [0.4, 0.5) is 0 Å². The van der Waals surface area contributed by atoms with Crippen molar-refractivity contribution in [2.75, 3.05) is 0 Å². The van der Waals surface area contributed by atoms with Crippen LogP contribution in [0.25, 0.3) is 33.3 Å². The summed E-state index contributed by atoms with van der Waals surface area (Å²) in [5, 5.41) is 17.4. The molecule has 0 bridgehead atoms. The van der Waals surface area contributed by atoms with Crippen LogP contribution < -0.4 is 5.32 Å². The van der Waals surface area contributed by atoms with Gasteiger partial charge in [-0.15, -0.1) is 11.3 Å². The van der Waals surface area contributed by atoms with Crippen LogP contribution >= 0.6 is 11.3 Å². The van der Waals surface area contributed by atoms with Crippen molar-refractivity contribution in [1.29, 1.82) is 0 Å². The molecule has 1 atom stereocenters. The van der Waals surface area contributed by atoms with E-state index in [4.69, 9.17) is 4.42 Å². The van der Waals surface area contributed by atoms with Crippen molar-refractivity contribution in [1.82, 2.24) is 19.9 Å². The topological polar surface area (TPSA) is 96.1 Å². The van der Waals surface area contributed by atoms with E-state index in [-0.39, 0.29) is 17.7 Å². The van der Waals surface area contributed by atoms with E-state index in [1.54, 1.807) is 23.9 Å². The molecule has 4 aromatic heterocycles. The van der Waals surface area contributed by atoms with Crippen LogP contribution in [0.2, 0.25) is 0 Å². The van der Waals surface area contributed by atoms with Crippen LogP contribution in [0, 0.1) is 0 Å². The summed E-state index contributed by atoms with van der Waals surface area (Å²) in [5.41, 5.74) is 8.64. The lowest BCUT2D eigenvalue weighted by atomic mass is 9.82. The molecule has 208 valence electrons. The second-order valence-electron chi connectivity index (χ2n) is 11.1. The Kier molecular flexibility index (Phi) is 6.63. The van der Waals surface area contributed by atoms with Gasteiger partial charge in [-0.3, -0.25) is 4.79 Å². The third-order valence-corrected chi connectivity index (χ3v) is 9.16. The first-order valence-electron chi connectivity index (χ1n) is 14.2. The Morgan fingerprint density at radius 3 is 2.83 bits per heavy atom. The molecule has 1 fully saturated rings. The molecule has 4 heterocycles. The number of benzene rings is 2. The molecule has 1 aliphatic carbocycles. The van der Waals surface area contributed by atoms with Crippen LogP contribution in [-0.4, -0.2) is 25.5 Å². The quantitative estimate of drug-likeness (QED) is 0.184. The fraction of sp³-hybridized carbons (Fsp3) is 0.273. The van der Waals surface area contributed by atoms with Crippen molar-refractivity contribution in [2.24, 2.45) is 7.05 Å². The Balaban J connectivity index is 1.24. The van der Waals surface area contributed by atoms with Crippen molar-refractivity contribution in [3.05, 3.63) is 94.3 Å². The molecule has 7 nitrogen and oxygen atoms in total. The molecule has 1 aliphatic rings. The molecule has 7 rings (SSSR count). The zero-order chi connectivity index (χ0) is 27.9. The second-order valence-corrected chi connectivity index (χ2v) is 11.8. The van der Waals surface area contributed by atoms with E-state index in [0.717, 1.165) is 39.1 Å². The van der Waals surface area contributed by atoms with Gasteiger partial charge in [0.25, 0.3) is 5.91 Å². The number of phenolic OH excluding ortho intramolecular Hbond substituents is 1. The lowest BCUT2D eigenvalue weighted by Gasteiger charge is -2.22. The van der Waals surface area contributed by atoms with Gasteiger partial charge in [0.15, 0.2) is 5.76 Å². The van der Waals surface area contributed by atoms with E-state index in [2.05, 4.69) is 33.0 Å². The average Bonchev–Trinajstić information content (AvgIpc) is 3.81. The predicted molar refractivity (Wildman–Crippen MR) is 162 cm³/mol. The fourth-order valence-electron chi connectivity index (χ4n) is 6.54. The number of amides is 1. The highest BCUT2D eigenvalue weighted by molar-refractivity contribution is 7.07. The van der Waals surface area contributed by atoms with E-state index in [1.807, 2.05) is 41.9 Å². The maximum atomic E-state index is 13.8. The minimum atomic E-state index is -0.323. The summed E-state index contributed by atoms with van der Waals surface area (Å²) in [4.78, 5) is 21.6. The van der Waals surface area contributed by atoms with Crippen LogP contribution in [0.15, 0.2) is 76.3 Å². The number of H-pyrrole nitrogens is 1. The summed E-state index contributed by atoms with van der Waals surface area (Å²) in [7, 11) is 2.07. The number of fused-ring (bicyclic) bond motifs is 2. The summed E-state index contributed by atoms with van der Waals surface area (Å²) in [5.74, 6) is 1.41. The number of aryl methyl sites for hydroxylation is 1. The fourth-order valence-corrected chi connectivity index (χ4v) is 7.15. The smallest absolute Gasteiger partial charge is 0.251 e. The zero-order valence-corrected chi connectivity index (χ0v) is 23.7. The van der Waals surface area contributed by atoms with Gasteiger partial charge in [0.2, 0.25) is 0 Å². The first kappa shape index (κ1) is 25.7. The number of carbonyl (C=O) groups excluding carboxylic acids is 1. The molecule has 2 aromatic carbocycles. The molecule has 3 N–H and O–H groups in total. The van der Waals surface area contributed by atoms with Gasteiger partial charge in [-0.2, -0.15) is 0 Å². The van der Waals surface area contributed by atoms with E-state index in [1.165, 1.54) is 54.4 Å². The second kappa shape index (κ2) is 10.6. The monoisotopic (exact) mass is 564 g/mol. The Bertz CT molecular complexity index is 1830. The lowest BCUT2D eigenvalue weighted by Crippen LogP contribution is -2.30. The minimum Gasteiger partial charge on any atom is -0.508 e. The third-order valence-electron chi connectivity index (χ3n) is 8.56. The van der Waals surface area contributed by atoms with Crippen LogP contribution in [0.3, 0.4) is 0 Å². The van der Waals surface area contributed by atoms with E-state index >= 15 is 0 Å². The number of thiazole rings is 1. The Hall–Kier alpha value is -4.30. The summed E-state index contributed by atoms with van der Waals surface area (Å²) in [6.07, 6.45) is 10.3. The Morgan fingerprint density at radius 2 is 2.05 bits per heavy atom. The van der Waals surface area contributed by atoms with Gasteiger partial charge >= 0.3 is 0 Å². The van der Waals surface area contributed by atoms with Gasteiger partial charge in [0.1, 0.15) is 5.75 Å². The van der Waals surface area contributed by atoms with Crippen LogP contribution in [0.1, 0.15) is 71.2 Å². The van der Waals surface area contributed by atoms with Crippen LogP contribution in [-0.2, 0) is 13.5 Å². The average molecular weight is 565 g/mol. The summed E-state index contributed by atoms with van der Waals surface area (Å²) < 4.78 is 8.08. The standard InChI is InChI=1S/C33H32N4O3S/c1-37-29-15-21(9-11-24(29)31(20-6-3-2-4-7-20)32(37)30-8-5-13-40-30)33(39)36-27(28-18-41-19-35-28)14-22-17-34-26-12-10-23(38)16-25(22)26/h5,8-13,15-20,27,34,38H,2-4,6-7,14H2,1H3,(H,36,39)/t27-/m0/s1. The first-order valence-corrected chi connectivity index (χ1v) is 15.1. The summed E-state index contributed by atoms with van der Waals surface area (Å²) in [6, 6.07) is 15.0. The Labute approximate surface area is 241 Å². The van der Waals surface area contributed by atoms with Crippen molar-refractivity contribution in [2.45, 2.75) is 50.5 Å². The normalized spacial score (nSPS) is 15.0. The molecule has 0 saturated heterocycles. The van der Waals surface area contributed by atoms with E-state index < -0.39 is 0 Å². The van der Waals surface area contributed by atoms with Gasteiger partial charge in [-0.1, -0.05) is 25.3 Å². The maximum Gasteiger partial charge on any atom is 0.251 e. The lowest BCUT2D eigenvalue weighted by molar-refractivity contribution is 0.0936. The highest BCUT2D eigenvalue weighted by Gasteiger charge is 2.27. The molecule has 0 aliphatic heterocycles. The van der Waals surface area contributed by atoms with Gasteiger partial charge in [0.05, 0.1) is 29.2 Å². The van der Waals surface area contributed by atoms with Crippen LogP contribution in [0.5, 0.6) is 5.75 Å². The molecule has 0 spiro atoms. The van der Waals surface area contributed by atoms with E-state index in [9.17, 15) is 9.90 Å². The number of nitrogens with zero attached hydrogens (tertiary/aromatic N) is 2. The number of phenols is 1. The predicted octanol–water partition coefficient (Wildman–Crippen LogP) is 7.84. The summed E-state index contributed by atoms with van der Waals surface area (Å²) >= 11 is 1.51. The molecular weight excluding hydrogens is 532 g/mol. The highest BCUT2D eigenvalue weighted by atomic mass is 32.1. The number of carbonyl (C=O) groups is 1. The molecule has 8 heteroatoms. The number of hydrogen-bond acceptors (Lipinski definition) is 5. The molecule has 6 aromatic rings. The maximum absolute atomic E-state index is 13.8. The number of aromatic amines is 1. The third kappa shape index (κ3) is 4.72. The van der Waals surface area contributed by atoms with Crippen molar-refractivity contribution < 1.29 is 14.3 Å². The number of furan rings is 1. The molecule has 0 radical (unpaired) electrons. The van der Waals surface area contributed by atoms with Crippen molar-refractivity contribution in [3.63, 3.8) is 0 Å². The van der Waals surface area contributed by atoms with E-state index in [0.29, 0.717) is 17.9 Å². The molecular formula is C33H32N4O3S. The number of aromatic nitrogens is 3. The molecule has 0 unspecified atom stereocenters. The zero-order valence-electron chi connectivity index (χ0n) is 22.9. The minimum absolute atomic E-state index is 0.146. The number of rotatable bonds is 7.